The van der Waals surface area contributed by atoms with Crippen molar-refractivity contribution in [2.24, 2.45) is 0 Å². The van der Waals surface area contributed by atoms with Gasteiger partial charge in [-0.05, 0) is 31.4 Å². The predicted molar refractivity (Wildman–Crippen MR) is 69.4 cm³/mol. The summed E-state index contributed by atoms with van der Waals surface area (Å²) in [6.45, 7) is 1.88. The number of para-hydroxylation sites is 1. The van der Waals surface area contributed by atoms with E-state index in [4.69, 9.17) is 0 Å². The molecule has 1 aromatic heterocycles. The average Bonchev–Trinajstić information content (AvgIpc) is 2.78. The quantitative estimate of drug-likeness (QED) is 0.846. The molecule has 0 saturated carbocycles. The van der Waals surface area contributed by atoms with Gasteiger partial charge < -0.3 is 4.98 Å². The highest BCUT2D eigenvalue weighted by Gasteiger charge is 2.35. The van der Waals surface area contributed by atoms with E-state index in [-0.39, 0.29) is 11.4 Å². The van der Waals surface area contributed by atoms with Gasteiger partial charge in [-0.25, -0.2) is 13.2 Å². The van der Waals surface area contributed by atoms with E-state index in [9.17, 15) is 13.2 Å². The van der Waals surface area contributed by atoms with Crippen LogP contribution in [0.5, 0.6) is 0 Å². The number of aromatic amines is 1. The number of nitrogens with one attached hydrogen (secondary N) is 1. The third kappa shape index (κ3) is 1.52. The maximum atomic E-state index is 12.0. The largest absolute Gasteiger partial charge is 0.327 e. The molecule has 1 atom stereocenters. The molecule has 0 aliphatic carbocycles. The number of benzene rings is 1. The van der Waals surface area contributed by atoms with Crippen molar-refractivity contribution in [2.45, 2.75) is 25.1 Å². The summed E-state index contributed by atoms with van der Waals surface area (Å²) in [6.07, 6.45) is 1.14. The number of rotatable bonds is 1. The SMILES string of the molecule is Cc1cccc2[nH]c(=O)n(C3CCCS3(=O)=O)c12. The van der Waals surface area contributed by atoms with Crippen LogP contribution in [0.4, 0.5) is 0 Å². The van der Waals surface area contributed by atoms with Crippen molar-refractivity contribution in [1.82, 2.24) is 9.55 Å². The Morgan fingerprint density at radius 3 is 2.83 bits per heavy atom. The smallest absolute Gasteiger partial charge is 0.305 e. The van der Waals surface area contributed by atoms with Gasteiger partial charge in [0.1, 0.15) is 5.37 Å². The molecule has 96 valence electrons. The Morgan fingerprint density at radius 1 is 1.39 bits per heavy atom. The van der Waals surface area contributed by atoms with Crippen LogP contribution in [0.1, 0.15) is 23.8 Å². The van der Waals surface area contributed by atoms with Crippen molar-refractivity contribution in [1.29, 1.82) is 0 Å². The number of hydrogen-bond donors (Lipinski definition) is 1. The summed E-state index contributed by atoms with van der Waals surface area (Å²) in [5.41, 5.74) is 1.97. The lowest BCUT2D eigenvalue weighted by Gasteiger charge is -2.12. The van der Waals surface area contributed by atoms with E-state index in [1.165, 1.54) is 4.57 Å². The van der Waals surface area contributed by atoms with Gasteiger partial charge >= 0.3 is 5.69 Å². The third-order valence-electron chi connectivity index (χ3n) is 3.52. The molecule has 0 bridgehead atoms. The molecule has 1 N–H and O–H groups in total. The summed E-state index contributed by atoms with van der Waals surface area (Å²) in [4.78, 5) is 14.7. The molecule has 0 spiro atoms. The van der Waals surface area contributed by atoms with Crippen molar-refractivity contribution in [3.8, 4) is 0 Å². The fourth-order valence-corrected chi connectivity index (χ4v) is 4.59. The van der Waals surface area contributed by atoms with Crippen LogP contribution >= 0.6 is 0 Å². The van der Waals surface area contributed by atoms with Gasteiger partial charge in [0.05, 0.1) is 16.8 Å². The number of aromatic nitrogens is 2. The standard InChI is InChI=1S/C12H14N2O3S/c1-8-4-2-5-9-11(8)14(12(15)13-9)10-6-3-7-18(10,16)17/h2,4-5,10H,3,6-7H2,1H3,(H,13,15). The maximum Gasteiger partial charge on any atom is 0.327 e. The van der Waals surface area contributed by atoms with Crippen molar-refractivity contribution in [3.63, 3.8) is 0 Å². The van der Waals surface area contributed by atoms with E-state index < -0.39 is 15.2 Å². The van der Waals surface area contributed by atoms with E-state index in [0.717, 1.165) is 5.56 Å². The molecule has 18 heavy (non-hydrogen) atoms. The fourth-order valence-electron chi connectivity index (χ4n) is 2.70. The highest BCUT2D eigenvalue weighted by atomic mass is 32.2. The molecule has 2 aromatic rings. The molecule has 1 saturated heterocycles. The third-order valence-corrected chi connectivity index (χ3v) is 5.65. The summed E-state index contributed by atoms with van der Waals surface area (Å²) >= 11 is 0. The lowest BCUT2D eigenvalue weighted by Crippen LogP contribution is -2.25. The van der Waals surface area contributed by atoms with Crippen LogP contribution in [0.15, 0.2) is 23.0 Å². The first-order chi connectivity index (χ1) is 8.50. The number of hydrogen-bond acceptors (Lipinski definition) is 3. The van der Waals surface area contributed by atoms with E-state index in [1.807, 2.05) is 19.1 Å². The Bertz CT molecular complexity index is 770. The van der Waals surface area contributed by atoms with E-state index >= 15 is 0 Å². The Hall–Kier alpha value is -1.56. The number of fused-ring (bicyclic) bond motifs is 1. The highest BCUT2D eigenvalue weighted by molar-refractivity contribution is 7.91. The predicted octanol–water partition coefficient (Wildman–Crippen LogP) is 1.35. The molecule has 3 rings (SSSR count). The monoisotopic (exact) mass is 266 g/mol. The number of nitrogens with zero attached hydrogens (tertiary/aromatic N) is 1. The number of aryl methyl sites for hydroxylation is 1. The van der Waals surface area contributed by atoms with Crippen LogP contribution in [0.25, 0.3) is 11.0 Å². The van der Waals surface area contributed by atoms with Gasteiger partial charge in [0.2, 0.25) is 0 Å². The van der Waals surface area contributed by atoms with Crippen LogP contribution in [0.2, 0.25) is 0 Å². The summed E-state index contributed by atoms with van der Waals surface area (Å²) in [5, 5.41) is -0.708. The van der Waals surface area contributed by atoms with Crippen LogP contribution in [-0.2, 0) is 9.84 Å². The Balaban J connectivity index is 2.36. The number of imidazole rings is 1. The van der Waals surface area contributed by atoms with Crippen LogP contribution in [0.3, 0.4) is 0 Å². The molecule has 2 heterocycles. The molecular formula is C12H14N2O3S. The van der Waals surface area contributed by atoms with Gasteiger partial charge in [0.15, 0.2) is 9.84 Å². The van der Waals surface area contributed by atoms with Crippen molar-refractivity contribution in [3.05, 3.63) is 34.2 Å². The number of sulfone groups is 1. The van der Waals surface area contributed by atoms with Crippen molar-refractivity contribution in [2.75, 3.05) is 5.75 Å². The van der Waals surface area contributed by atoms with Crippen molar-refractivity contribution >= 4 is 20.9 Å². The summed E-state index contributed by atoms with van der Waals surface area (Å²) < 4.78 is 25.4. The second kappa shape index (κ2) is 3.71. The van der Waals surface area contributed by atoms with Gasteiger partial charge in [-0.2, -0.15) is 0 Å². The van der Waals surface area contributed by atoms with E-state index in [2.05, 4.69) is 4.98 Å². The zero-order chi connectivity index (χ0) is 12.9. The first kappa shape index (κ1) is 11.5. The van der Waals surface area contributed by atoms with Gasteiger partial charge in [0, 0.05) is 0 Å². The first-order valence-electron chi connectivity index (χ1n) is 5.92. The number of H-pyrrole nitrogens is 1. The molecule has 1 aliphatic rings. The van der Waals surface area contributed by atoms with Crippen LogP contribution in [0, 0.1) is 6.92 Å². The second-order valence-corrected chi connectivity index (χ2v) is 7.01. The minimum atomic E-state index is -3.20. The van der Waals surface area contributed by atoms with E-state index in [0.29, 0.717) is 23.9 Å². The zero-order valence-electron chi connectivity index (χ0n) is 10.0. The average molecular weight is 266 g/mol. The summed E-state index contributed by atoms with van der Waals surface area (Å²) in [7, 11) is -3.20. The molecule has 1 unspecified atom stereocenters. The van der Waals surface area contributed by atoms with Gasteiger partial charge in [-0.15, -0.1) is 0 Å². The molecular weight excluding hydrogens is 252 g/mol. The van der Waals surface area contributed by atoms with Crippen LogP contribution < -0.4 is 5.69 Å². The van der Waals surface area contributed by atoms with Crippen LogP contribution in [-0.4, -0.2) is 23.7 Å². The van der Waals surface area contributed by atoms with Gasteiger partial charge in [-0.3, -0.25) is 4.57 Å². The Labute approximate surface area is 104 Å². The van der Waals surface area contributed by atoms with E-state index in [1.54, 1.807) is 6.07 Å². The second-order valence-electron chi connectivity index (χ2n) is 4.74. The fraction of sp³-hybridized carbons (Fsp3) is 0.417. The molecule has 6 heteroatoms. The molecule has 1 fully saturated rings. The lowest BCUT2D eigenvalue weighted by atomic mass is 10.2. The normalized spacial score (nSPS) is 22.6. The summed E-state index contributed by atoms with van der Waals surface area (Å²) in [5.74, 6) is 0.169. The molecule has 1 aromatic carbocycles. The highest BCUT2D eigenvalue weighted by Crippen LogP contribution is 2.31. The minimum Gasteiger partial charge on any atom is -0.305 e. The summed E-state index contributed by atoms with van der Waals surface area (Å²) in [6, 6.07) is 5.52. The molecule has 0 radical (unpaired) electrons. The lowest BCUT2D eigenvalue weighted by molar-refractivity contribution is 0.556. The maximum absolute atomic E-state index is 12.0. The van der Waals surface area contributed by atoms with Gasteiger partial charge in [-0.1, -0.05) is 12.1 Å². The molecule has 0 amide bonds. The first-order valence-corrected chi connectivity index (χ1v) is 7.63. The molecule has 5 nitrogen and oxygen atoms in total. The topological polar surface area (TPSA) is 71.9 Å². The Morgan fingerprint density at radius 2 is 2.17 bits per heavy atom. The Kier molecular flexibility index (Phi) is 2.38. The zero-order valence-corrected chi connectivity index (χ0v) is 10.8. The molecule has 1 aliphatic heterocycles. The minimum absolute atomic E-state index is 0.169. The van der Waals surface area contributed by atoms with Gasteiger partial charge in [0.25, 0.3) is 0 Å². The van der Waals surface area contributed by atoms with Crippen molar-refractivity contribution < 1.29 is 8.42 Å².